The van der Waals surface area contributed by atoms with Crippen LogP contribution in [0.3, 0.4) is 0 Å². The van der Waals surface area contributed by atoms with Crippen LogP contribution in [-0.4, -0.2) is 0 Å². The summed E-state index contributed by atoms with van der Waals surface area (Å²) in [4.78, 5) is 0. The Balaban J connectivity index is 0.00000128. The fourth-order valence-electron chi connectivity index (χ4n) is 1.45. The fraction of sp³-hybridized carbons (Fsp3) is 0.167. The first-order chi connectivity index (χ1) is 7.18. The molecule has 1 heterocycles. The van der Waals surface area contributed by atoms with E-state index in [1.165, 1.54) is 11.1 Å². The van der Waals surface area contributed by atoms with E-state index in [1.807, 2.05) is 0 Å². The van der Waals surface area contributed by atoms with Gasteiger partial charge in [0.25, 0.3) is 0 Å². The zero-order chi connectivity index (χ0) is 10.8. The molecule has 0 radical (unpaired) electrons. The Bertz CT molecular complexity index is 456. The second-order valence-corrected chi connectivity index (χ2v) is 5.18. The summed E-state index contributed by atoms with van der Waals surface area (Å²) in [7, 11) is 0. The lowest BCUT2D eigenvalue weighted by molar-refractivity contribution is 0.875. The van der Waals surface area contributed by atoms with E-state index in [1.54, 1.807) is 11.3 Å². The van der Waals surface area contributed by atoms with Gasteiger partial charge in [-0.25, -0.2) is 0 Å². The molecule has 0 aliphatic heterocycles. The molecule has 4 heteroatoms. The van der Waals surface area contributed by atoms with Crippen molar-refractivity contribution in [2.45, 2.75) is 13.0 Å². The number of rotatable bonds is 2. The van der Waals surface area contributed by atoms with Crippen molar-refractivity contribution in [2.24, 2.45) is 5.73 Å². The molecule has 2 N–H and O–H groups in total. The summed E-state index contributed by atoms with van der Waals surface area (Å²) in [5.41, 5.74) is 9.72. The zero-order valence-electron chi connectivity index (χ0n) is 8.81. The largest absolute Gasteiger partial charge is 0.320 e. The molecule has 0 amide bonds. The number of hydrogen-bond acceptors (Lipinski definition) is 2. The highest BCUT2D eigenvalue weighted by molar-refractivity contribution is 9.10. The van der Waals surface area contributed by atoms with E-state index in [-0.39, 0.29) is 18.4 Å². The molecule has 2 rings (SSSR count). The van der Waals surface area contributed by atoms with Crippen LogP contribution in [0.15, 0.2) is 39.5 Å². The predicted molar refractivity (Wildman–Crippen MR) is 76.5 cm³/mol. The molecule has 0 spiro atoms. The van der Waals surface area contributed by atoms with Gasteiger partial charge in [-0.3, -0.25) is 0 Å². The number of aryl methyl sites for hydroxylation is 1. The topological polar surface area (TPSA) is 26.0 Å². The molecule has 1 aromatic carbocycles. The van der Waals surface area contributed by atoms with Crippen molar-refractivity contribution in [1.82, 2.24) is 0 Å². The van der Waals surface area contributed by atoms with Crippen LogP contribution < -0.4 is 5.73 Å². The van der Waals surface area contributed by atoms with E-state index in [0.717, 1.165) is 10.0 Å². The van der Waals surface area contributed by atoms with Gasteiger partial charge in [-0.2, -0.15) is 11.3 Å². The molecular formula is C12H13BrClNS. The first-order valence-corrected chi connectivity index (χ1v) is 6.46. The van der Waals surface area contributed by atoms with Gasteiger partial charge in [0.2, 0.25) is 0 Å². The fourth-order valence-corrected chi connectivity index (χ4v) is 2.54. The Morgan fingerprint density at radius 2 is 2.00 bits per heavy atom. The third-order valence-corrected chi connectivity index (χ3v) is 4.01. The van der Waals surface area contributed by atoms with Crippen LogP contribution >= 0.6 is 39.7 Å². The summed E-state index contributed by atoms with van der Waals surface area (Å²) in [6, 6.07) is 8.32. The van der Waals surface area contributed by atoms with Gasteiger partial charge >= 0.3 is 0 Å². The van der Waals surface area contributed by atoms with Crippen LogP contribution in [0, 0.1) is 6.92 Å². The van der Waals surface area contributed by atoms with Gasteiger partial charge in [0, 0.05) is 4.47 Å². The average molecular weight is 319 g/mol. The predicted octanol–water partition coefficient (Wildman–Crippen LogP) is 4.29. The Morgan fingerprint density at radius 3 is 2.56 bits per heavy atom. The highest BCUT2D eigenvalue weighted by Crippen LogP contribution is 2.25. The summed E-state index contributed by atoms with van der Waals surface area (Å²) in [6.07, 6.45) is 0. The Labute approximate surface area is 114 Å². The van der Waals surface area contributed by atoms with Crippen LogP contribution in [0.2, 0.25) is 0 Å². The van der Waals surface area contributed by atoms with E-state index >= 15 is 0 Å². The standard InChI is InChI=1S/C12H12BrNS.ClH/c1-8-2-3-9(6-11(8)13)12(14)10-4-5-15-7-10;/h2-7,12H,14H2,1H3;1H/t12-;/m1./s1. The zero-order valence-corrected chi connectivity index (χ0v) is 12.0. The number of hydrogen-bond donors (Lipinski definition) is 1. The van der Waals surface area contributed by atoms with Gasteiger partial charge in [0.15, 0.2) is 0 Å². The van der Waals surface area contributed by atoms with Gasteiger partial charge in [0.05, 0.1) is 6.04 Å². The van der Waals surface area contributed by atoms with E-state index in [0.29, 0.717) is 0 Å². The van der Waals surface area contributed by atoms with E-state index in [2.05, 4.69) is 57.9 Å². The minimum atomic E-state index is -0.0202. The Morgan fingerprint density at radius 1 is 1.25 bits per heavy atom. The van der Waals surface area contributed by atoms with Crippen LogP contribution in [0.25, 0.3) is 0 Å². The Kier molecular flexibility index (Phi) is 4.99. The lowest BCUT2D eigenvalue weighted by Gasteiger charge is -2.11. The molecule has 0 saturated heterocycles. The second kappa shape index (κ2) is 5.82. The van der Waals surface area contributed by atoms with Gasteiger partial charge < -0.3 is 5.73 Å². The summed E-state index contributed by atoms with van der Waals surface area (Å²) in [5, 5.41) is 4.15. The van der Waals surface area contributed by atoms with Crippen LogP contribution in [0.1, 0.15) is 22.7 Å². The van der Waals surface area contributed by atoms with Crippen molar-refractivity contribution in [3.05, 3.63) is 56.2 Å². The number of thiophene rings is 1. The first kappa shape index (κ1) is 13.7. The van der Waals surface area contributed by atoms with E-state index < -0.39 is 0 Å². The third-order valence-electron chi connectivity index (χ3n) is 2.46. The van der Waals surface area contributed by atoms with E-state index in [4.69, 9.17) is 5.73 Å². The molecule has 1 aromatic heterocycles. The van der Waals surface area contributed by atoms with Gasteiger partial charge in [-0.15, -0.1) is 12.4 Å². The number of benzene rings is 1. The normalized spacial score (nSPS) is 11.9. The average Bonchev–Trinajstić information content (AvgIpc) is 2.74. The van der Waals surface area contributed by atoms with Gasteiger partial charge in [-0.05, 0) is 46.5 Å². The second-order valence-electron chi connectivity index (χ2n) is 3.54. The van der Waals surface area contributed by atoms with Crippen LogP contribution in [-0.2, 0) is 0 Å². The molecule has 0 aliphatic rings. The highest BCUT2D eigenvalue weighted by Gasteiger charge is 2.09. The van der Waals surface area contributed by atoms with Crippen LogP contribution in [0.4, 0.5) is 0 Å². The Hall–Kier alpha value is -0.350. The maximum absolute atomic E-state index is 6.17. The lowest BCUT2D eigenvalue weighted by Crippen LogP contribution is -2.10. The summed E-state index contributed by atoms with van der Waals surface area (Å²) >= 11 is 5.20. The number of halogens is 2. The minimum absolute atomic E-state index is 0. The van der Waals surface area contributed by atoms with Crippen molar-refractivity contribution in [1.29, 1.82) is 0 Å². The van der Waals surface area contributed by atoms with Crippen LogP contribution in [0.5, 0.6) is 0 Å². The third kappa shape index (κ3) is 2.86. The molecule has 0 fully saturated rings. The van der Waals surface area contributed by atoms with E-state index in [9.17, 15) is 0 Å². The van der Waals surface area contributed by atoms with Gasteiger partial charge in [0.1, 0.15) is 0 Å². The highest BCUT2D eigenvalue weighted by atomic mass is 79.9. The number of nitrogens with two attached hydrogens (primary N) is 1. The minimum Gasteiger partial charge on any atom is -0.320 e. The smallest absolute Gasteiger partial charge is 0.0560 e. The lowest BCUT2D eigenvalue weighted by atomic mass is 10.0. The maximum Gasteiger partial charge on any atom is 0.0560 e. The monoisotopic (exact) mass is 317 g/mol. The molecule has 0 bridgehead atoms. The SMILES string of the molecule is Cc1ccc([C@@H](N)c2ccsc2)cc1Br.Cl. The van der Waals surface area contributed by atoms with Crippen molar-refractivity contribution in [3.8, 4) is 0 Å². The first-order valence-electron chi connectivity index (χ1n) is 4.72. The molecule has 1 atom stereocenters. The quantitative estimate of drug-likeness (QED) is 0.878. The summed E-state index contributed by atoms with van der Waals surface area (Å²) in [5.74, 6) is 0. The molecule has 0 unspecified atom stereocenters. The molecule has 0 saturated carbocycles. The molecule has 0 aliphatic carbocycles. The summed E-state index contributed by atoms with van der Waals surface area (Å²) < 4.78 is 1.12. The van der Waals surface area contributed by atoms with Crippen molar-refractivity contribution in [3.63, 3.8) is 0 Å². The molecule has 16 heavy (non-hydrogen) atoms. The van der Waals surface area contributed by atoms with Crippen molar-refractivity contribution in [2.75, 3.05) is 0 Å². The van der Waals surface area contributed by atoms with Crippen molar-refractivity contribution < 1.29 is 0 Å². The van der Waals surface area contributed by atoms with Gasteiger partial charge in [-0.1, -0.05) is 28.1 Å². The molecule has 2 aromatic rings. The maximum atomic E-state index is 6.17. The van der Waals surface area contributed by atoms with Crippen molar-refractivity contribution >= 4 is 39.7 Å². The molecule has 86 valence electrons. The molecular weight excluding hydrogens is 306 g/mol. The summed E-state index contributed by atoms with van der Waals surface area (Å²) in [6.45, 7) is 2.07. The molecule has 1 nitrogen and oxygen atoms in total.